The zero-order valence-electron chi connectivity index (χ0n) is 16.6. The molecular weight excluding hydrogens is 411 g/mol. The molecule has 2 aromatic rings. The summed E-state index contributed by atoms with van der Waals surface area (Å²) in [4.78, 5) is 38.8. The smallest absolute Gasteiger partial charge is 0.409 e. The van der Waals surface area contributed by atoms with Crippen LogP contribution < -0.4 is 5.32 Å². The van der Waals surface area contributed by atoms with Gasteiger partial charge in [-0.2, -0.15) is 0 Å². The molecule has 0 bridgehead atoms. The Kier molecular flexibility index (Phi) is 7.40. The number of piperidine rings is 1. The highest BCUT2D eigenvalue weighted by molar-refractivity contribution is 7.17. The number of carbonyl (C=O) groups is 3. The van der Waals surface area contributed by atoms with Gasteiger partial charge in [0.1, 0.15) is 10.7 Å². The van der Waals surface area contributed by atoms with Crippen LogP contribution in [0.15, 0.2) is 36.4 Å². The average molecular weight is 434 g/mol. The average Bonchev–Trinajstić information content (AvgIpc) is 3.23. The molecule has 7 nitrogen and oxygen atoms in total. The molecule has 1 aromatic heterocycles. The maximum absolute atomic E-state index is 13.0. The van der Waals surface area contributed by atoms with Crippen molar-refractivity contribution in [1.29, 1.82) is 0 Å². The van der Waals surface area contributed by atoms with Crippen LogP contribution in [-0.2, 0) is 14.3 Å². The van der Waals surface area contributed by atoms with Crippen LogP contribution in [0.4, 0.5) is 9.18 Å². The zero-order chi connectivity index (χ0) is 21.5. The predicted molar refractivity (Wildman–Crippen MR) is 110 cm³/mol. The number of nitrogens with zero attached hydrogens (tertiary/aromatic N) is 1. The van der Waals surface area contributed by atoms with Crippen molar-refractivity contribution in [3.63, 3.8) is 0 Å². The molecule has 1 aliphatic heterocycles. The van der Waals surface area contributed by atoms with E-state index in [1.54, 1.807) is 36.1 Å². The van der Waals surface area contributed by atoms with Gasteiger partial charge in [-0.05, 0) is 49.6 Å². The van der Waals surface area contributed by atoms with Gasteiger partial charge in [-0.1, -0.05) is 12.1 Å². The van der Waals surface area contributed by atoms with E-state index in [1.165, 1.54) is 23.5 Å². The van der Waals surface area contributed by atoms with E-state index in [-0.39, 0.29) is 30.5 Å². The zero-order valence-corrected chi connectivity index (χ0v) is 17.4. The normalized spacial score (nSPS) is 14.3. The summed E-state index contributed by atoms with van der Waals surface area (Å²) < 4.78 is 23.1. The number of hydrogen-bond acceptors (Lipinski definition) is 6. The summed E-state index contributed by atoms with van der Waals surface area (Å²) in [6, 6.07) is 9.28. The molecule has 9 heteroatoms. The molecule has 2 heterocycles. The second-order valence-electron chi connectivity index (χ2n) is 6.77. The number of benzene rings is 1. The van der Waals surface area contributed by atoms with E-state index in [0.29, 0.717) is 37.4 Å². The first-order valence-corrected chi connectivity index (χ1v) is 10.5. The molecule has 2 amide bonds. The Balaban J connectivity index is 1.42. The summed E-state index contributed by atoms with van der Waals surface area (Å²) in [6.07, 6.45) is 0.890. The molecule has 0 saturated carbocycles. The van der Waals surface area contributed by atoms with Gasteiger partial charge in [0.2, 0.25) is 0 Å². The van der Waals surface area contributed by atoms with E-state index in [0.717, 1.165) is 10.4 Å². The number of halogens is 1. The van der Waals surface area contributed by atoms with Crippen molar-refractivity contribution in [3.8, 4) is 10.4 Å². The second-order valence-corrected chi connectivity index (χ2v) is 7.86. The lowest BCUT2D eigenvalue weighted by Crippen LogP contribution is -2.47. The number of rotatable bonds is 6. The van der Waals surface area contributed by atoms with Crippen LogP contribution in [0.5, 0.6) is 0 Å². The van der Waals surface area contributed by atoms with Gasteiger partial charge in [0.05, 0.1) is 6.61 Å². The topological polar surface area (TPSA) is 84.9 Å². The monoisotopic (exact) mass is 434 g/mol. The van der Waals surface area contributed by atoms with Crippen LogP contribution in [0.3, 0.4) is 0 Å². The quantitative estimate of drug-likeness (QED) is 0.704. The highest BCUT2D eigenvalue weighted by Crippen LogP contribution is 2.28. The largest absolute Gasteiger partial charge is 0.451 e. The van der Waals surface area contributed by atoms with Crippen LogP contribution in [0.1, 0.15) is 29.4 Å². The third kappa shape index (κ3) is 5.79. The number of hydrogen-bond donors (Lipinski definition) is 1. The maximum Gasteiger partial charge on any atom is 0.409 e. The first kappa shape index (κ1) is 21.8. The standard InChI is InChI=1S/C21H23FN2O5S/c1-2-28-21(27)24-11-9-16(10-12-24)23-19(25)13-29-20(26)18-8-7-17(30-18)14-3-5-15(22)6-4-14/h3-8,16H,2,9-13H2,1H3,(H,23,25). The van der Waals surface area contributed by atoms with Gasteiger partial charge < -0.3 is 19.7 Å². The van der Waals surface area contributed by atoms with Crippen LogP contribution in [0, 0.1) is 5.82 Å². The lowest BCUT2D eigenvalue weighted by molar-refractivity contribution is -0.125. The Labute approximate surface area is 177 Å². The molecule has 0 unspecified atom stereocenters. The van der Waals surface area contributed by atoms with Crippen molar-refractivity contribution < 1.29 is 28.2 Å². The minimum atomic E-state index is -0.583. The summed E-state index contributed by atoms with van der Waals surface area (Å²) >= 11 is 1.22. The molecule has 0 spiro atoms. The number of carbonyl (C=O) groups excluding carboxylic acids is 3. The number of amides is 2. The third-order valence-electron chi connectivity index (χ3n) is 4.66. The lowest BCUT2D eigenvalue weighted by Gasteiger charge is -2.31. The van der Waals surface area contributed by atoms with Crippen LogP contribution in [0.25, 0.3) is 10.4 Å². The molecular formula is C21H23FN2O5S. The second kappa shape index (κ2) is 10.2. The van der Waals surface area contributed by atoms with E-state index < -0.39 is 5.97 Å². The van der Waals surface area contributed by atoms with E-state index in [1.807, 2.05) is 0 Å². The molecule has 1 aliphatic rings. The van der Waals surface area contributed by atoms with Crippen molar-refractivity contribution in [2.24, 2.45) is 0 Å². The van der Waals surface area contributed by atoms with Gasteiger partial charge in [-0.3, -0.25) is 4.79 Å². The fraction of sp³-hybridized carbons (Fsp3) is 0.381. The van der Waals surface area contributed by atoms with E-state index in [4.69, 9.17) is 9.47 Å². The summed E-state index contributed by atoms with van der Waals surface area (Å²) in [5, 5.41) is 2.83. The van der Waals surface area contributed by atoms with Gasteiger partial charge in [0, 0.05) is 24.0 Å². The van der Waals surface area contributed by atoms with Gasteiger partial charge >= 0.3 is 12.1 Å². The Morgan fingerprint density at radius 1 is 1.10 bits per heavy atom. The Hall–Kier alpha value is -2.94. The van der Waals surface area contributed by atoms with Gasteiger partial charge in [-0.25, -0.2) is 14.0 Å². The molecule has 1 N–H and O–H groups in total. The van der Waals surface area contributed by atoms with E-state index in [2.05, 4.69) is 5.32 Å². The number of likely N-dealkylation sites (tertiary alicyclic amines) is 1. The number of nitrogens with one attached hydrogen (secondary N) is 1. The molecule has 1 saturated heterocycles. The van der Waals surface area contributed by atoms with Crippen LogP contribution >= 0.6 is 11.3 Å². The highest BCUT2D eigenvalue weighted by atomic mass is 32.1. The molecule has 0 radical (unpaired) electrons. The molecule has 0 aliphatic carbocycles. The molecule has 3 rings (SSSR count). The Morgan fingerprint density at radius 2 is 1.80 bits per heavy atom. The van der Waals surface area contributed by atoms with Gasteiger partial charge in [0.25, 0.3) is 5.91 Å². The fourth-order valence-electron chi connectivity index (χ4n) is 3.11. The number of ether oxygens (including phenoxy) is 2. The summed E-state index contributed by atoms with van der Waals surface area (Å²) in [6.45, 7) is 2.72. The van der Waals surface area contributed by atoms with Crippen molar-refractivity contribution in [1.82, 2.24) is 10.2 Å². The van der Waals surface area contributed by atoms with Crippen molar-refractivity contribution in [2.75, 3.05) is 26.3 Å². The number of thiophene rings is 1. The molecule has 30 heavy (non-hydrogen) atoms. The summed E-state index contributed by atoms with van der Waals surface area (Å²) in [7, 11) is 0. The van der Waals surface area contributed by atoms with E-state index >= 15 is 0 Å². The lowest BCUT2D eigenvalue weighted by atomic mass is 10.1. The molecule has 1 fully saturated rings. The van der Waals surface area contributed by atoms with Gasteiger partial charge in [-0.15, -0.1) is 11.3 Å². The summed E-state index contributed by atoms with van der Waals surface area (Å²) in [5.74, 6) is -1.29. The molecule has 1 aromatic carbocycles. The van der Waals surface area contributed by atoms with Gasteiger partial charge in [0.15, 0.2) is 6.61 Å². The molecule has 160 valence electrons. The van der Waals surface area contributed by atoms with Crippen molar-refractivity contribution >= 4 is 29.3 Å². The maximum atomic E-state index is 13.0. The highest BCUT2D eigenvalue weighted by Gasteiger charge is 2.25. The SMILES string of the molecule is CCOC(=O)N1CCC(NC(=O)COC(=O)c2ccc(-c3ccc(F)cc3)s2)CC1. The summed E-state index contributed by atoms with van der Waals surface area (Å²) in [5.41, 5.74) is 0.798. The van der Waals surface area contributed by atoms with Crippen LogP contribution in [0.2, 0.25) is 0 Å². The third-order valence-corrected chi connectivity index (χ3v) is 5.77. The number of esters is 1. The Morgan fingerprint density at radius 3 is 2.47 bits per heavy atom. The minimum Gasteiger partial charge on any atom is -0.451 e. The first-order chi connectivity index (χ1) is 14.5. The first-order valence-electron chi connectivity index (χ1n) is 9.70. The Bertz CT molecular complexity index is 891. The van der Waals surface area contributed by atoms with Crippen molar-refractivity contribution in [2.45, 2.75) is 25.8 Å². The predicted octanol–water partition coefficient (Wildman–Crippen LogP) is 3.45. The minimum absolute atomic E-state index is 0.0753. The van der Waals surface area contributed by atoms with Crippen LogP contribution in [-0.4, -0.2) is 55.2 Å². The fourth-order valence-corrected chi connectivity index (χ4v) is 4.01. The molecule has 0 atom stereocenters. The van der Waals surface area contributed by atoms with E-state index in [9.17, 15) is 18.8 Å². The van der Waals surface area contributed by atoms with Crippen molar-refractivity contribution in [3.05, 3.63) is 47.1 Å².